The lowest BCUT2D eigenvalue weighted by Crippen LogP contribution is -2.52. The predicted octanol–water partition coefficient (Wildman–Crippen LogP) is 4.51. The molecule has 2 aromatic rings. The van der Waals surface area contributed by atoms with Crippen LogP contribution < -0.4 is 14.8 Å². The molecule has 1 fully saturated rings. The summed E-state index contributed by atoms with van der Waals surface area (Å²) in [7, 11) is 5.44. The fraction of sp³-hybridized carbons (Fsp3) is 0.429. The van der Waals surface area contributed by atoms with Crippen LogP contribution >= 0.6 is 11.6 Å². The van der Waals surface area contributed by atoms with E-state index >= 15 is 0 Å². The molecule has 2 aliphatic rings. The highest BCUT2D eigenvalue weighted by Gasteiger charge is 2.45. The summed E-state index contributed by atoms with van der Waals surface area (Å²) >= 11 is 6.10. The number of esters is 1. The molecular weight excluding hydrogens is 496 g/mol. The molecule has 4 rings (SSSR count). The van der Waals surface area contributed by atoms with E-state index in [-0.39, 0.29) is 36.7 Å². The summed E-state index contributed by atoms with van der Waals surface area (Å²) in [5.41, 5.74) is 2.05. The van der Waals surface area contributed by atoms with E-state index in [1.165, 1.54) is 0 Å². The Morgan fingerprint density at radius 3 is 2.76 bits per heavy atom. The van der Waals surface area contributed by atoms with Crippen LogP contribution in [0.25, 0.3) is 5.57 Å². The van der Waals surface area contributed by atoms with E-state index in [1.807, 2.05) is 31.1 Å². The van der Waals surface area contributed by atoms with E-state index < -0.39 is 5.79 Å². The fourth-order valence-corrected chi connectivity index (χ4v) is 5.11. The van der Waals surface area contributed by atoms with Gasteiger partial charge in [-0.05, 0) is 56.8 Å². The smallest absolute Gasteiger partial charge is 0.310 e. The zero-order valence-corrected chi connectivity index (χ0v) is 22.1. The maximum Gasteiger partial charge on any atom is 0.310 e. The highest BCUT2D eigenvalue weighted by atomic mass is 35.5. The van der Waals surface area contributed by atoms with Gasteiger partial charge in [0.15, 0.2) is 0 Å². The number of aliphatic hydroxyl groups is 1. The van der Waals surface area contributed by atoms with Gasteiger partial charge in [0, 0.05) is 47.6 Å². The third kappa shape index (κ3) is 6.83. The first-order valence-corrected chi connectivity index (χ1v) is 12.7. The number of fused-ring (bicyclic) bond motifs is 1. The molecule has 0 bridgehead atoms. The summed E-state index contributed by atoms with van der Waals surface area (Å²) in [6.45, 7) is 0.557. The summed E-state index contributed by atoms with van der Waals surface area (Å²) in [6.07, 6.45) is 2.82. The molecule has 0 saturated heterocycles. The molecule has 1 heterocycles. The number of nitrogens with one attached hydrogen (secondary N) is 1. The van der Waals surface area contributed by atoms with E-state index in [1.54, 1.807) is 43.5 Å². The molecular formula is C28H33ClN2O6. The van der Waals surface area contributed by atoms with Gasteiger partial charge in [-0.3, -0.25) is 9.59 Å². The van der Waals surface area contributed by atoms with Crippen LogP contribution in [0.1, 0.15) is 37.7 Å². The molecule has 198 valence electrons. The molecule has 3 atom stereocenters. The van der Waals surface area contributed by atoms with Crippen LogP contribution in [0.4, 0.5) is 5.69 Å². The van der Waals surface area contributed by atoms with Crippen LogP contribution in [-0.2, 0) is 14.3 Å². The van der Waals surface area contributed by atoms with Crippen molar-refractivity contribution in [3.63, 3.8) is 0 Å². The lowest BCUT2D eigenvalue weighted by Gasteiger charge is -2.43. The molecule has 1 aliphatic carbocycles. The Labute approximate surface area is 222 Å². The highest BCUT2D eigenvalue weighted by Crippen LogP contribution is 2.39. The van der Waals surface area contributed by atoms with Gasteiger partial charge in [0.05, 0.1) is 13.5 Å². The van der Waals surface area contributed by atoms with Crippen molar-refractivity contribution in [2.24, 2.45) is 5.92 Å². The second kappa shape index (κ2) is 11.5. The summed E-state index contributed by atoms with van der Waals surface area (Å²) < 4.78 is 17.2. The number of nitrogens with zero attached hydrogens (tertiary/aromatic N) is 1. The SMILES string of the molecule is COc1cccc(OC2(O)CCC(OC(=O)CC3=CCC(=O)Nc4cc(Cl)ccc43)CC2CN(C)C)c1. The van der Waals surface area contributed by atoms with Crippen LogP contribution in [0.5, 0.6) is 11.5 Å². The first kappa shape index (κ1) is 27.0. The largest absolute Gasteiger partial charge is 0.497 e. The van der Waals surface area contributed by atoms with E-state index in [9.17, 15) is 14.7 Å². The minimum Gasteiger partial charge on any atom is -0.497 e. The van der Waals surface area contributed by atoms with Gasteiger partial charge in [-0.1, -0.05) is 29.8 Å². The first-order chi connectivity index (χ1) is 17.6. The zero-order valence-electron chi connectivity index (χ0n) is 21.3. The number of amides is 1. The summed E-state index contributed by atoms with van der Waals surface area (Å²) in [4.78, 5) is 27.1. The van der Waals surface area contributed by atoms with Crippen molar-refractivity contribution in [3.05, 3.63) is 59.1 Å². The topological polar surface area (TPSA) is 97.3 Å². The average molecular weight is 529 g/mol. The number of anilines is 1. The van der Waals surface area contributed by atoms with E-state index in [0.29, 0.717) is 53.6 Å². The van der Waals surface area contributed by atoms with Crippen LogP contribution in [0.15, 0.2) is 48.5 Å². The lowest BCUT2D eigenvalue weighted by molar-refractivity contribution is -0.216. The zero-order chi connectivity index (χ0) is 26.6. The number of hydrogen-bond donors (Lipinski definition) is 2. The number of carbonyl (C=O) groups excluding carboxylic acids is 2. The van der Waals surface area contributed by atoms with Gasteiger partial charge >= 0.3 is 5.97 Å². The number of halogens is 1. The average Bonchev–Trinajstić information content (AvgIpc) is 2.99. The van der Waals surface area contributed by atoms with Crippen LogP contribution in [0, 0.1) is 5.92 Å². The quantitative estimate of drug-likeness (QED) is 0.384. The van der Waals surface area contributed by atoms with Crippen molar-refractivity contribution in [1.82, 2.24) is 4.90 Å². The van der Waals surface area contributed by atoms with Crippen molar-refractivity contribution in [2.75, 3.05) is 33.1 Å². The Kier molecular flexibility index (Phi) is 8.42. The molecule has 2 aromatic carbocycles. The Hall–Kier alpha value is -3.07. The molecule has 1 amide bonds. The molecule has 37 heavy (non-hydrogen) atoms. The first-order valence-electron chi connectivity index (χ1n) is 12.3. The summed E-state index contributed by atoms with van der Waals surface area (Å²) in [5.74, 6) is -1.09. The Morgan fingerprint density at radius 2 is 2.00 bits per heavy atom. The number of rotatable bonds is 8. The van der Waals surface area contributed by atoms with Gasteiger partial charge in [-0.15, -0.1) is 0 Å². The van der Waals surface area contributed by atoms with Crippen LogP contribution in [-0.4, -0.2) is 61.5 Å². The number of hydrogen-bond acceptors (Lipinski definition) is 7. The van der Waals surface area contributed by atoms with E-state index in [2.05, 4.69) is 5.32 Å². The highest BCUT2D eigenvalue weighted by molar-refractivity contribution is 6.31. The van der Waals surface area contributed by atoms with Crippen LogP contribution in [0.3, 0.4) is 0 Å². The van der Waals surface area contributed by atoms with Gasteiger partial charge in [0.25, 0.3) is 0 Å². The normalized spacial score (nSPS) is 23.4. The lowest BCUT2D eigenvalue weighted by atomic mass is 9.81. The standard InChI is InChI=1S/C28H33ClN2O6/c1-31(2)17-19-14-22(11-12-28(19,34)37-23-6-4-5-21(16-23)35-3)36-27(33)13-18-7-10-26(32)30-25-15-20(29)8-9-24(18)25/h4-9,15-16,19,22,34H,10-14,17H2,1-3H3,(H,30,32). The third-order valence-corrected chi connectivity index (χ3v) is 6.93. The molecule has 1 saturated carbocycles. The summed E-state index contributed by atoms with van der Waals surface area (Å²) in [6, 6.07) is 12.3. The van der Waals surface area contributed by atoms with E-state index in [4.69, 9.17) is 25.8 Å². The van der Waals surface area contributed by atoms with Crippen molar-refractivity contribution < 1.29 is 28.9 Å². The molecule has 0 radical (unpaired) electrons. The van der Waals surface area contributed by atoms with Crippen molar-refractivity contribution >= 4 is 34.7 Å². The Bertz CT molecular complexity index is 1180. The minimum atomic E-state index is -1.41. The number of benzene rings is 2. The van der Waals surface area contributed by atoms with Crippen molar-refractivity contribution in [3.8, 4) is 11.5 Å². The fourth-order valence-electron chi connectivity index (χ4n) is 4.94. The number of carbonyl (C=O) groups is 2. The molecule has 0 aromatic heterocycles. The maximum absolute atomic E-state index is 13.0. The van der Waals surface area contributed by atoms with E-state index in [0.717, 1.165) is 5.56 Å². The Morgan fingerprint density at radius 1 is 1.22 bits per heavy atom. The Balaban J connectivity index is 1.44. The second-order valence-electron chi connectivity index (χ2n) is 9.82. The molecule has 1 aliphatic heterocycles. The van der Waals surface area contributed by atoms with Gasteiger partial charge in [-0.2, -0.15) is 0 Å². The summed E-state index contributed by atoms with van der Waals surface area (Å²) in [5, 5.41) is 14.8. The van der Waals surface area contributed by atoms with Crippen molar-refractivity contribution in [1.29, 1.82) is 0 Å². The monoisotopic (exact) mass is 528 g/mol. The number of methoxy groups -OCH3 is 1. The van der Waals surface area contributed by atoms with Crippen molar-refractivity contribution in [2.45, 2.75) is 44.0 Å². The molecule has 9 heteroatoms. The van der Waals surface area contributed by atoms with Gasteiger partial charge in [0.2, 0.25) is 11.7 Å². The van der Waals surface area contributed by atoms with Gasteiger partial charge in [0.1, 0.15) is 17.6 Å². The van der Waals surface area contributed by atoms with Gasteiger partial charge in [-0.25, -0.2) is 0 Å². The molecule has 0 spiro atoms. The van der Waals surface area contributed by atoms with Crippen LogP contribution in [0.2, 0.25) is 5.02 Å². The molecule has 2 N–H and O–H groups in total. The molecule has 8 nitrogen and oxygen atoms in total. The van der Waals surface area contributed by atoms with Gasteiger partial charge < -0.3 is 29.5 Å². The third-order valence-electron chi connectivity index (χ3n) is 6.70. The second-order valence-corrected chi connectivity index (χ2v) is 10.3. The minimum absolute atomic E-state index is 0.0308. The number of ether oxygens (including phenoxy) is 3. The maximum atomic E-state index is 13.0. The predicted molar refractivity (Wildman–Crippen MR) is 142 cm³/mol. The molecule has 3 unspecified atom stereocenters.